The monoisotopic (exact) mass is 292 g/mol. The van der Waals surface area contributed by atoms with E-state index in [0.717, 1.165) is 22.5 Å². The molecule has 5 heteroatoms. The zero-order chi connectivity index (χ0) is 15.4. The number of benzene rings is 2. The Kier molecular flexibility index (Phi) is 3.87. The van der Waals surface area contributed by atoms with Crippen LogP contribution in [-0.2, 0) is 0 Å². The van der Waals surface area contributed by atoms with Gasteiger partial charge in [0.15, 0.2) is 0 Å². The Morgan fingerprint density at radius 2 is 1.73 bits per heavy atom. The lowest BCUT2D eigenvalue weighted by Crippen LogP contribution is -2.19. The van der Waals surface area contributed by atoms with Crippen molar-refractivity contribution in [2.45, 2.75) is 6.42 Å². The molecule has 110 valence electrons. The Balaban J connectivity index is 1.67. The third-order valence-electron chi connectivity index (χ3n) is 3.28. The van der Waals surface area contributed by atoms with Crippen LogP contribution in [0.25, 0.3) is 5.57 Å². The molecule has 4 N–H and O–H groups in total. The van der Waals surface area contributed by atoms with E-state index in [1.165, 1.54) is 0 Å². The predicted octanol–water partition coefficient (Wildman–Crippen LogP) is 3.43. The lowest BCUT2D eigenvalue weighted by molar-refractivity contribution is 0.262. The topological polar surface area (TPSA) is 79.5 Å². The number of urea groups is 1. The van der Waals surface area contributed by atoms with Gasteiger partial charge in [-0.1, -0.05) is 30.3 Å². The van der Waals surface area contributed by atoms with Crippen molar-refractivity contribution in [3.63, 3.8) is 0 Å². The number of nitrogens with two attached hydrogens (primary N) is 1. The van der Waals surface area contributed by atoms with Crippen molar-refractivity contribution in [3.8, 4) is 0 Å². The molecule has 2 amide bonds. The summed E-state index contributed by atoms with van der Waals surface area (Å²) in [7, 11) is 0. The van der Waals surface area contributed by atoms with Crippen LogP contribution in [0.15, 0.2) is 65.8 Å². The van der Waals surface area contributed by atoms with E-state index in [-0.39, 0.29) is 6.03 Å². The van der Waals surface area contributed by atoms with Crippen molar-refractivity contribution in [1.29, 1.82) is 0 Å². The second-order valence-corrected chi connectivity index (χ2v) is 4.98. The molecule has 0 radical (unpaired) electrons. The zero-order valence-electron chi connectivity index (χ0n) is 11.9. The maximum absolute atomic E-state index is 12.0. The molecule has 2 aromatic rings. The van der Waals surface area contributed by atoms with Gasteiger partial charge < -0.3 is 16.4 Å². The van der Waals surface area contributed by atoms with Crippen LogP contribution in [-0.4, -0.2) is 11.9 Å². The second kappa shape index (κ2) is 6.13. The molecule has 1 aliphatic heterocycles. The Hall–Kier alpha value is -3.08. The molecule has 0 bridgehead atoms. The van der Waals surface area contributed by atoms with Crippen LogP contribution in [0.5, 0.6) is 0 Å². The van der Waals surface area contributed by atoms with E-state index < -0.39 is 0 Å². The normalized spacial score (nSPS) is 13.3. The number of carbonyl (C=O) groups excluding carboxylic acids is 1. The number of amidine groups is 1. The fourth-order valence-corrected chi connectivity index (χ4v) is 2.24. The van der Waals surface area contributed by atoms with E-state index in [4.69, 9.17) is 5.73 Å². The molecule has 0 aliphatic carbocycles. The highest BCUT2D eigenvalue weighted by Gasteiger charge is 2.10. The van der Waals surface area contributed by atoms with Gasteiger partial charge in [-0.05, 0) is 35.4 Å². The number of rotatable bonds is 3. The van der Waals surface area contributed by atoms with Crippen molar-refractivity contribution < 1.29 is 4.79 Å². The molecule has 0 saturated carbocycles. The highest BCUT2D eigenvalue weighted by molar-refractivity contribution is 6.00. The van der Waals surface area contributed by atoms with Crippen LogP contribution >= 0.6 is 0 Å². The van der Waals surface area contributed by atoms with E-state index in [1.807, 2.05) is 54.6 Å². The SMILES string of the molecule is NC1=NC=C(c2cccc(NC(=O)Nc3ccccc3)c2)C1. The average Bonchev–Trinajstić information content (AvgIpc) is 2.95. The van der Waals surface area contributed by atoms with Crippen LogP contribution in [0, 0.1) is 0 Å². The largest absolute Gasteiger partial charge is 0.387 e. The van der Waals surface area contributed by atoms with Gasteiger partial charge >= 0.3 is 6.03 Å². The summed E-state index contributed by atoms with van der Waals surface area (Å²) in [5.41, 5.74) is 9.20. The molecular weight excluding hydrogens is 276 g/mol. The summed E-state index contributed by atoms with van der Waals surface area (Å²) < 4.78 is 0. The predicted molar refractivity (Wildman–Crippen MR) is 89.7 cm³/mol. The van der Waals surface area contributed by atoms with Gasteiger partial charge in [0.1, 0.15) is 5.84 Å². The Morgan fingerprint density at radius 1 is 1.00 bits per heavy atom. The molecule has 0 fully saturated rings. The fourth-order valence-electron chi connectivity index (χ4n) is 2.24. The number of anilines is 2. The molecule has 2 aromatic carbocycles. The van der Waals surface area contributed by atoms with Gasteiger partial charge in [-0.3, -0.25) is 0 Å². The third-order valence-corrected chi connectivity index (χ3v) is 3.28. The van der Waals surface area contributed by atoms with Crippen molar-refractivity contribution in [1.82, 2.24) is 0 Å². The third kappa shape index (κ3) is 3.32. The zero-order valence-corrected chi connectivity index (χ0v) is 11.9. The molecule has 0 atom stereocenters. The molecular formula is C17H16N4O. The molecule has 1 aliphatic rings. The van der Waals surface area contributed by atoms with Crippen molar-refractivity contribution in [2.24, 2.45) is 10.7 Å². The number of carbonyl (C=O) groups is 1. The maximum Gasteiger partial charge on any atom is 0.323 e. The van der Waals surface area contributed by atoms with Gasteiger partial charge in [-0.15, -0.1) is 0 Å². The minimum atomic E-state index is -0.278. The van der Waals surface area contributed by atoms with Gasteiger partial charge in [-0.2, -0.15) is 0 Å². The lowest BCUT2D eigenvalue weighted by atomic mass is 10.0. The summed E-state index contributed by atoms with van der Waals surface area (Å²) in [6, 6.07) is 16.6. The standard InChI is InChI=1S/C17H16N4O/c18-16-10-13(11-19-16)12-5-4-8-15(9-12)21-17(22)20-14-6-2-1-3-7-14/h1-9,11H,10H2,(H2,18,19)(H2,20,21,22). The number of nitrogens with one attached hydrogen (secondary N) is 2. The smallest absolute Gasteiger partial charge is 0.323 e. The van der Waals surface area contributed by atoms with Crippen molar-refractivity contribution in [3.05, 3.63) is 66.4 Å². The highest BCUT2D eigenvalue weighted by atomic mass is 16.2. The van der Waals surface area contributed by atoms with Gasteiger partial charge in [0.05, 0.1) is 0 Å². The minimum absolute atomic E-state index is 0.278. The summed E-state index contributed by atoms with van der Waals surface area (Å²) in [5.74, 6) is 0.607. The Bertz CT molecular complexity index is 750. The summed E-state index contributed by atoms with van der Waals surface area (Å²) in [6.45, 7) is 0. The van der Waals surface area contributed by atoms with E-state index in [2.05, 4.69) is 15.6 Å². The van der Waals surface area contributed by atoms with Crippen molar-refractivity contribution in [2.75, 3.05) is 10.6 Å². The van der Waals surface area contributed by atoms with Crippen LogP contribution in [0.2, 0.25) is 0 Å². The lowest BCUT2D eigenvalue weighted by Gasteiger charge is -2.09. The van der Waals surface area contributed by atoms with Gasteiger partial charge in [0.2, 0.25) is 0 Å². The van der Waals surface area contributed by atoms with Crippen LogP contribution in [0.4, 0.5) is 16.2 Å². The Morgan fingerprint density at radius 3 is 2.45 bits per heavy atom. The highest BCUT2D eigenvalue weighted by Crippen LogP contribution is 2.24. The molecule has 0 aromatic heterocycles. The van der Waals surface area contributed by atoms with E-state index in [1.54, 1.807) is 6.20 Å². The number of aliphatic imine (C=N–C) groups is 1. The summed E-state index contributed by atoms with van der Waals surface area (Å²) in [4.78, 5) is 16.1. The van der Waals surface area contributed by atoms with Gasteiger partial charge in [-0.25, -0.2) is 9.79 Å². The summed E-state index contributed by atoms with van der Waals surface area (Å²) in [5, 5.41) is 5.60. The second-order valence-electron chi connectivity index (χ2n) is 4.98. The first kappa shape index (κ1) is 13.9. The first-order valence-electron chi connectivity index (χ1n) is 6.95. The van der Waals surface area contributed by atoms with E-state index in [0.29, 0.717) is 12.3 Å². The summed E-state index contributed by atoms with van der Waals surface area (Å²) >= 11 is 0. The van der Waals surface area contributed by atoms with Gasteiger partial charge in [0.25, 0.3) is 0 Å². The molecule has 1 heterocycles. The first-order chi connectivity index (χ1) is 10.7. The first-order valence-corrected chi connectivity index (χ1v) is 6.95. The maximum atomic E-state index is 12.0. The molecule has 3 rings (SSSR count). The average molecular weight is 292 g/mol. The van der Waals surface area contributed by atoms with E-state index >= 15 is 0 Å². The number of hydrogen-bond acceptors (Lipinski definition) is 3. The molecule has 0 unspecified atom stereocenters. The van der Waals surface area contributed by atoms with Gasteiger partial charge in [0, 0.05) is 24.0 Å². The number of amides is 2. The molecule has 0 saturated heterocycles. The quantitative estimate of drug-likeness (QED) is 0.810. The Labute approximate surface area is 128 Å². The van der Waals surface area contributed by atoms with Crippen LogP contribution in [0.1, 0.15) is 12.0 Å². The van der Waals surface area contributed by atoms with E-state index in [9.17, 15) is 4.79 Å². The fraction of sp³-hybridized carbons (Fsp3) is 0.0588. The van der Waals surface area contributed by atoms with Crippen LogP contribution in [0.3, 0.4) is 0 Å². The number of nitrogens with zero attached hydrogens (tertiary/aromatic N) is 1. The number of hydrogen-bond donors (Lipinski definition) is 3. The summed E-state index contributed by atoms with van der Waals surface area (Å²) in [6.07, 6.45) is 2.40. The minimum Gasteiger partial charge on any atom is -0.387 e. The van der Waals surface area contributed by atoms with Crippen LogP contribution < -0.4 is 16.4 Å². The molecule has 5 nitrogen and oxygen atoms in total. The number of para-hydroxylation sites is 1. The van der Waals surface area contributed by atoms with Crippen molar-refractivity contribution >= 4 is 28.8 Å². The molecule has 0 spiro atoms. The molecule has 22 heavy (non-hydrogen) atoms.